The van der Waals surface area contributed by atoms with E-state index < -0.39 is 11.6 Å². The number of hydrogen-bond donors (Lipinski definition) is 1. The van der Waals surface area contributed by atoms with Crippen LogP contribution in [0, 0.1) is 0 Å². The largest absolute Gasteiger partial charge is 0.458 e. The molecular weight excluding hydrogens is 232 g/mol. The SMILES string of the molecule is CC(C)NC(=O)N1CCC[C@@H]1C(=O)OC(C)(C)C. The Balaban J connectivity index is 2.64. The molecule has 1 N–H and O–H groups in total. The lowest BCUT2D eigenvalue weighted by Crippen LogP contribution is -2.49. The number of nitrogens with zero attached hydrogens (tertiary/aromatic N) is 1. The molecule has 1 saturated heterocycles. The van der Waals surface area contributed by atoms with Crippen LogP contribution in [0.2, 0.25) is 0 Å². The van der Waals surface area contributed by atoms with Crippen LogP contribution in [0.5, 0.6) is 0 Å². The Labute approximate surface area is 109 Å². The van der Waals surface area contributed by atoms with Gasteiger partial charge in [0.25, 0.3) is 0 Å². The van der Waals surface area contributed by atoms with E-state index in [2.05, 4.69) is 5.32 Å². The molecule has 0 aromatic rings. The fourth-order valence-electron chi connectivity index (χ4n) is 1.95. The van der Waals surface area contributed by atoms with Gasteiger partial charge in [0, 0.05) is 12.6 Å². The van der Waals surface area contributed by atoms with Crippen molar-refractivity contribution in [1.29, 1.82) is 0 Å². The van der Waals surface area contributed by atoms with Gasteiger partial charge in [0.05, 0.1) is 0 Å². The second-order valence-corrected chi connectivity index (χ2v) is 5.99. The number of urea groups is 1. The Morgan fingerprint density at radius 3 is 2.44 bits per heavy atom. The predicted molar refractivity (Wildman–Crippen MR) is 69.2 cm³/mol. The summed E-state index contributed by atoms with van der Waals surface area (Å²) in [6.45, 7) is 9.91. The van der Waals surface area contributed by atoms with Gasteiger partial charge in [-0.2, -0.15) is 0 Å². The fraction of sp³-hybridized carbons (Fsp3) is 0.846. The summed E-state index contributed by atoms with van der Waals surface area (Å²) in [5.41, 5.74) is -0.514. The summed E-state index contributed by atoms with van der Waals surface area (Å²) in [5, 5.41) is 2.81. The van der Waals surface area contributed by atoms with Crippen LogP contribution in [0.25, 0.3) is 0 Å². The van der Waals surface area contributed by atoms with E-state index in [0.717, 1.165) is 6.42 Å². The quantitative estimate of drug-likeness (QED) is 0.768. The lowest BCUT2D eigenvalue weighted by Gasteiger charge is -2.28. The molecule has 1 aliphatic rings. The molecule has 1 fully saturated rings. The van der Waals surface area contributed by atoms with E-state index in [1.807, 2.05) is 34.6 Å². The molecular formula is C13H24N2O3. The standard InChI is InChI=1S/C13H24N2O3/c1-9(2)14-12(17)15-8-6-7-10(15)11(16)18-13(3,4)5/h9-10H,6-8H2,1-5H3,(H,14,17)/t10-/m1/s1. The van der Waals surface area contributed by atoms with E-state index in [1.54, 1.807) is 4.90 Å². The minimum atomic E-state index is -0.514. The molecule has 0 bridgehead atoms. The highest BCUT2D eigenvalue weighted by Crippen LogP contribution is 2.21. The van der Waals surface area contributed by atoms with Crippen molar-refractivity contribution in [2.24, 2.45) is 0 Å². The van der Waals surface area contributed by atoms with Crippen LogP contribution < -0.4 is 5.32 Å². The number of rotatable bonds is 2. The Kier molecular flexibility index (Phi) is 4.59. The van der Waals surface area contributed by atoms with Gasteiger partial charge in [0.2, 0.25) is 0 Å². The maximum atomic E-state index is 12.0. The second kappa shape index (κ2) is 5.59. The van der Waals surface area contributed by atoms with Crippen LogP contribution in [0.15, 0.2) is 0 Å². The molecule has 0 spiro atoms. The molecule has 104 valence electrons. The van der Waals surface area contributed by atoms with Crippen LogP contribution in [-0.4, -0.2) is 41.1 Å². The van der Waals surface area contributed by atoms with Gasteiger partial charge >= 0.3 is 12.0 Å². The van der Waals surface area contributed by atoms with E-state index in [4.69, 9.17) is 4.74 Å². The molecule has 0 radical (unpaired) electrons. The first-order valence-electron chi connectivity index (χ1n) is 6.50. The lowest BCUT2D eigenvalue weighted by atomic mass is 10.1. The number of amides is 2. The molecule has 5 nitrogen and oxygen atoms in total. The number of likely N-dealkylation sites (tertiary alicyclic amines) is 1. The molecule has 0 aromatic heterocycles. The Bertz CT molecular complexity index is 321. The van der Waals surface area contributed by atoms with Gasteiger partial charge < -0.3 is 15.0 Å². The minimum Gasteiger partial charge on any atom is -0.458 e. The molecule has 0 saturated carbocycles. The summed E-state index contributed by atoms with van der Waals surface area (Å²) in [5.74, 6) is -0.307. The van der Waals surface area contributed by atoms with E-state index in [1.165, 1.54) is 0 Å². The molecule has 1 heterocycles. The molecule has 0 aromatic carbocycles. The third-order valence-electron chi connectivity index (χ3n) is 2.60. The Morgan fingerprint density at radius 2 is 1.94 bits per heavy atom. The molecule has 1 aliphatic heterocycles. The molecule has 1 rings (SSSR count). The third-order valence-corrected chi connectivity index (χ3v) is 2.60. The van der Waals surface area contributed by atoms with Gasteiger partial charge in [0.1, 0.15) is 11.6 Å². The zero-order valence-electron chi connectivity index (χ0n) is 11.9. The van der Waals surface area contributed by atoms with Crippen molar-refractivity contribution >= 4 is 12.0 Å². The summed E-state index contributed by atoms with van der Waals surface area (Å²) in [6.07, 6.45) is 1.52. The van der Waals surface area contributed by atoms with Gasteiger partial charge in [-0.3, -0.25) is 0 Å². The first-order valence-corrected chi connectivity index (χ1v) is 6.50. The van der Waals surface area contributed by atoms with Crippen LogP contribution in [0.4, 0.5) is 4.79 Å². The first kappa shape index (κ1) is 14.8. The second-order valence-electron chi connectivity index (χ2n) is 5.99. The summed E-state index contributed by atoms with van der Waals surface area (Å²) < 4.78 is 5.35. The van der Waals surface area contributed by atoms with Crippen molar-refractivity contribution in [3.8, 4) is 0 Å². The smallest absolute Gasteiger partial charge is 0.329 e. The average molecular weight is 256 g/mol. The van der Waals surface area contributed by atoms with Crippen LogP contribution in [0.3, 0.4) is 0 Å². The number of carbonyl (C=O) groups is 2. The van der Waals surface area contributed by atoms with Crippen molar-refractivity contribution < 1.29 is 14.3 Å². The predicted octanol–water partition coefficient (Wildman–Crippen LogP) is 1.91. The third kappa shape index (κ3) is 4.20. The maximum absolute atomic E-state index is 12.0. The first-order chi connectivity index (χ1) is 8.20. The van der Waals surface area contributed by atoms with Gasteiger partial charge in [-0.1, -0.05) is 0 Å². The van der Waals surface area contributed by atoms with E-state index >= 15 is 0 Å². The summed E-state index contributed by atoms with van der Waals surface area (Å²) in [4.78, 5) is 25.5. The summed E-state index contributed by atoms with van der Waals surface area (Å²) >= 11 is 0. The van der Waals surface area contributed by atoms with Gasteiger partial charge in [-0.25, -0.2) is 9.59 Å². The normalized spacial score (nSPS) is 20.1. The number of carbonyl (C=O) groups excluding carboxylic acids is 2. The topological polar surface area (TPSA) is 58.6 Å². The highest BCUT2D eigenvalue weighted by atomic mass is 16.6. The van der Waals surface area contributed by atoms with Crippen molar-refractivity contribution in [3.05, 3.63) is 0 Å². The lowest BCUT2D eigenvalue weighted by molar-refractivity contribution is -0.159. The summed E-state index contributed by atoms with van der Waals surface area (Å²) in [7, 11) is 0. The van der Waals surface area contributed by atoms with Crippen LogP contribution in [0.1, 0.15) is 47.5 Å². The monoisotopic (exact) mass is 256 g/mol. The zero-order chi connectivity index (χ0) is 13.9. The van der Waals surface area contributed by atoms with E-state index in [0.29, 0.717) is 13.0 Å². The number of nitrogens with one attached hydrogen (secondary N) is 1. The molecule has 18 heavy (non-hydrogen) atoms. The van der Waals surface area contributed by atoms with Gasteiger partial charge in [0.15, 0.2) is 0 Å². The molecule has 5 heteroatoms. The van der Waals surface area contributed by atoms with Gasteiger partial charge in [-0.05, 0) is 47.5 Å². The molecule has 1 atom stereocenters. The summed E-state index contributed by atoms with van der Waals surface area (Å²) in [6, 6.07) is -0.557. The number of hydrogen-bond acceptors (Lipinski definition) is 3. The minimum absolute atomic E-state index is 0.0670. The Morgan fingerprint density at radius 1 is 1.33 bits per heavy atom. The van der Waals surface area contributed by atoms with Crippen molar-refractivity contribution in [2.45, 2.75) is 65.1 Å². The van der Waals surface area contributed by atoms with E-state index in [9.17, 15) is 9.59 Å². The number of ether oxygens (including phenoxy) is 1. The highest BCUT2D eigenvalue weighted by Gasteiger charge is 2.36. The average Bonchev–Trinajstić information content (AvgIpc) is 2.61. The zero-order valence-corrected chi connectivity index (χ0v) is 11.9. The highest BCUT2D eigenvalue weighted by molar-refractivity contribution is 5.84. The van der Waals surface area contributed by atoms with Crippen LogP contribution in [-0.2, 0) is 9.53 Å². The number of esters is 1. The van der Waals surface area contributed by atoms with Crippen LogP contribution >= 0.6 is 0 Å². The molecule has 0 unspecified atom stereocenters. The fourth-order valence-corrected chi connectivity index (χ4v) is 1.95. The maximum Gasteiger partial charge on any atom is 0.329 e. The van der Waals surface area contributed by atoms with Gasteiger partial charge in [-0.15, -0.1) is 0 Å². The molecule has 2 amide bonds. The van der Waals surface area contributed by atoms with E-state index in [-0.39, 0.29) is 18.0 Å². The molecule has 0 aliphatic carbocycles. The van der Waals surface area contributed by atoms with Crippen molar-refractivity contribution in [1.82, 2.24) is 10.2 Å². The van der Waals surface area contributed by atoms with Crippen molar-refractivity contribution in [2.75, 3.05) is 6.54 Å². The Hall–Kier alpha value is -1.26. The van der Waals surface area contributed by atoms with Crippen molar-refractivity contribution in [3.63, 3.8) is 0 Å².